The van der Waals surface area contributed by atoms with E-state index in [4.69, 9.17) is 9.47 Å². The van der Waals surface area contributed by atoms with Gasteiger partial charge in [-0.15, -0.1) is 6.58 Å². The number of aliphatic hydroxyl groups is 1. The first kappa shape index (κ1) is 29.4. The average Bonchev–Trinajstić information content (AvgIpc) is 3.39. The fraction of sp³-hybridized carbons (Fsp3) is 0.286. The third-order valence-corrected chi connectivity index (χ3v) is 5.97. The molecule has 2 aromatic heterocycles. The first-order chi connectivity index (χ1) is 19.9. The van der Waals surface area contributed by atoms with Crippen molar-refractivity contribution < 1.29 is 28.2 Å². The standard InChI is InChI=1S/C28H31F2N7O4/c1-3-8-36(10-11-38)9-5-12-41-25-14-23-19(13-24(25)40-2)15-31-28(35-23)33-20-16-32-37(17-20)18-26(39)34-22-7-4-6-21(29)27(22)30/h3-4,6-7,13-17,38H,1,5,8-12,18H2,2H3,(H,34,39)(H,31,33,35). The molecule has 13 heteroatoms. The number of hydrogen-bond donors (Lipinski definition) is 3. The van der Waals surface area contributed by atoms with Gasteiger partial charge in [-0.1, -0.05) is 12.1 Å². The molecule has 0 radical (unpaired) electrons. The van der Waals surface area contributed by atoms with Gasteiger partial charge in [0, 0.05) is 43.5 Å². The highest BCUT2D eigenvalue weighted by molar-refractivity contribution is 5.90. The molecule has 41 heavy (non-hydrogen) atoms. The second-order valence-corrected chi connectivity index (χ2v) is 8.97. The van der Waals surface area contributed by atoms with Crippen LogP contribution in [0.5, 0.6) is 11.5 Å². The van der Waals surface area contributed by atoms with Crippen LogP contribution in [0.15, 0.2) is 61.6 Å². The lowest BCUT2D eigenvalue weighted by molar-refractivity contribution is -0.116. The second-order valence-electron chi connectivity index (χ2n) is 8.97. The number of hydrogen-bond acceptors (Lipinski definition) is 9. The van der Waals surface area contributed by atoms with Crippen molar-refractivity contribution >= 4 is 34.1 Å². The number of amides is 1. The van der Waals surface area contributed by atoms with Gasteiger partial charge in [-0.2, -0.15) is 5.10 Å². The number of methoxy groups -OCH3 is 1. The summed E-state index contributed by atoms with van der Waals surface area (Å²) in [7, 11) is 1.56. The number of nitrogens with one attached hydrogen (secondary N) is 2. The number of benzene rings is 2. The number of aromatic nitrogens is 4. The molecule has 0 spiro atoms. The molecule has 0 saturated carbocycles. The molecule has 216 valence electrons. The van der Waals surface area contributed by atoms with E-state index in [1.54, 1.807) is 37.7 Å². The largest absolute Gasteiger partial charge is 0.493 e. The zero-order chi connectivity index (χ0) is 29.2. The summed E-state index contributed by atoms with van der Waals surface area (Å²) in [6.45, 7) is 6.05. The molecule has 0 saturated heterocycles. The van der Waals surface area contributed by atoms with E-state index in [1.165, 1.54) is 23.0 Å². The van der Waals surface area contributed by atoms with E-state index >= 15 is 0 Å². The molecular formula is C28H31F2N7O4. The zero-order valence-electron chi connectivity index (χ0n) is 22.5. The first-order valence-corrected chi connectivity index (χ1v) is 12.8. The van der Waals surface area contributed by atoms with Crippen LogP contribution < -0.4 is 20.1 Å². The van der Waals surface area contributed by atoms with E-state index < -0.39 is 17.5 Å². The van der Waals surface area contributed by atoms with E-state index in [0.717, 1.165) is 24.4 Å². The summed E-state index contributed by atoms with van der Waals surface area (Å²) in [5.74, 6) is -1.37. The van der Waals surface area contributed by atoms with Crippen LogP contribution in [0.3, 0.4) is 0 Å². The van der Waals surface area contributed by atoms with Gasteiger partial charge in [0.05, 0.1) is 43.4 Å². The monoisotopic (exact) mass is 567 g/mol. The molecule has 11 nitrogen and oxygen atoms in total. The fourth-order valence-electron chi connectivity index (χ4n) is 4.04. The Hall–Kier alpha value is -4.62. The SMILES string of the molecule is C=CCN(CCO)CCCOc1cc2nc(Nc3cnn(CC(=O)Nc4cccc(F)c4F)c3)ncc2cc1OC. The summed E-state index contributed by atoms with van der Waals surface area (Å²) in [5.41, 5.74) is 0.892. The Morgan fingerprint density at radius 1 is 1.22 bits per heavy atom. The molecule has 2 aromatic carbocycles. The number of carbonyl (C=O) groups excluding carboxylic acids is 1. The van der Waals surface area contributed by atoms with Crippen molar-refractivity contribution in [3.63, 3.8) is 0 Å². The third kappa shape index (κ3) is 7.96. The molecule has 0 bridgehead atoms. The normalized spacial score (nSPS) is 11.0. The summed E-state index contributed by atoms with van der Waals surface area (Å²) >= 11 is 0. The number of anilines is 3. The minimum absolute atomic E-state index is 0.0805. The van der Waals surface area contributed by atoms with E-state index in [0.29, 0.717) is 48.3 Å². The Morgan fingerprint density at radius 2 is 2.07 bits per heavy atom. The quantitative estimate of drug-likeness (QED) is 0.145. The summed E-state index contributed by atoms with van der Waals surface area (Å²) in [4.78, 5) is 23.3. The molecular weight excluding hydrogens is 536 g/mol. The highest BCUT2D eigenvalue weighted by Crippen LogP contribution is 2.32. The Balaban J connectivity index is 1.38. The van der Waals surface area contributed by atoms with Crippen LogP contribution in [0, 0.1) is 11.6 Å². The predicted octanol–water partition coefficient (Wildman–Crippen LogP) is 3.74. The number of ether oxygens (including phenoxy) is 2. The number of nitrogens with zero attached hydrogens (tertiary/aromatic N) is 5. The Morgan fingerprint density at radius 3 is 2.85 bits per heavy atom. The lowest BCUT2D eigenvalue weighted by Gasteiger charge is -2.19. The molecule has 0 atom stereocenters. The lowest BCUT2D eigenvalue weighted by atomic mass is 10.2. The van der Waals surface area contributed by atoms with Crippen molar-refractivity contribution in [1.29, 1.82) is 0 Å². The van der Waals surface area contributed by atoms with Gasteiger partial charge in [-0.25, -0.2) is 18.7 Å². The van der Waals surface area contributed by atoms with Crippen LogP contribution in [-0.4, -0.2) is 75.6 Å². The molecule has 0 fully saturated rings. The van der Waals surface area contributed by atoms with Crippen molar-refractivity contribution in [1.82, 2.24) is 24.6 Å². The van der Waals surface area contributed by atoms with Gasteiger partial charge >= 0.3 is 0 Å². The maximum absolute atomic E-state index is 13.8. The van der Waals surface area contributed by atoms with Gasteiger partial charge in [0.2, 0.25) is 11.9 Å². The summed E-state index contributed by atoms with van der Waals surface area (Å²) in [6.07, 6.45) is 7.23. The van der Waals surface area contributed by atoms with Crippen molar-refractivity contribution in [3.8, 4) is 11.5 Å². The van der Waals surface area contributed by atoms with E-state index in [-0.39, 0.29) is 18.8 Å². The molecule has 1 amide bonds. The minimum Gasteiger partial charge on any atom is -0.493 e. The maximum Gasteiger partial charge on any atom is 0.246 e. The Labute approximate surface area is 235 Å². The molecule has 0 aliphatic carbocycles. The number of fused-ring (bicyclic) bond motifs is 1. The van der Waals surface area contributed by atoms with Gasteiger partial charge in [0.15, 0.2) is 23.1 Å². The number of carbonyl (C=O) groups is 1. The van der Waals surface area contributed by atoms with Crippen LogP contribution >= 0.6 is 0 Å². The highest BCUT2D eigenvalue weighted by atomic mass is 19.2. The van der Waals surface area contributed by atoms with E-state index in [9.17, 15) is 18.7 Å². The van der Waals surface area contributed by atoms with Crippen LogP contribution in [-0.2, 0) is 11.3 Å². The van der Waals surface area contributed by atoms with Crippen LogP contribution in [0.1, 0.15) is 6.42 Å². The number of aliphatic hydroxyl groups excluding tert-OH is 1. The van der Waals surface area contributed by atoms with Gasteiger partial charge in [0.25, 0.3) is 0 Å². The molecule has 2 heterocycles. The average molecular weight is 568 g/mol. The van der Waals surface area contributed by atoms with Crippen LogP contribution in [0.2, 0.25) is 0 Å². The first-order valence-electron chi connectivity index (χ1n) is 12.8. The highest BCUT2D eigenvalue weighted by Gasteiger charge is 2.13. The van der Waals surface area contributed by atoms with Crippen molar-refractivity contribution in [2.24, 2.45) is 0 Å². The Kier molecular flexibility index (Phi) is 10.1. The molecule has 4 aromatic rings. The van der Waals surface area contributed by atoms with Gasteiger partial charge in [-0.05, 0) is 24.6 Å². The third-order valence-electron chi connectivity index (χ3n) is 5.97. The Bertz CT molecular complexity index is 1500. The predicted molar refractivity (Wildman–Crippen MR) is 150 cm³/mol. The van der Waals surface area contributed by atoms with Gasteiger partial charge < -0.3 is 25.2 Å². The maximum atomic E-state index is 13.8. The molecule has 0 aliphatic heterocycles. The smallest absolute Gasteiger partial charge is 0.246 e. The minimum atomic E-state index is -1.13. The van der Waals surface area contributed by atoms with Crippen molar-refractivity contribution in [2.75, 3.05) is 50.6 Å². The lowest BCUT2D eigenvalue weighted by Crippen LogP contribution is -2.29. The molecule has 0 unspecified atom stereocenters. The molecule has 0 aliphatic rings. The summed E-state index contributed by atoms with van der Waals surface area (Å²) in [6, 6.07) is 7.11. The fourth-order valence-corrected chi connectivity index (χ4v) is 4.04. The molecule has 4 rings (SSSR count). The van der Waals surface area contributed by atoms with Crippen LogP contribution in [0.4, 0.5) is 26.1 Å². The summed E-state index contributed by atoms with van der Waals surface area (Å²) < 4.78 is 40.0. The summed E-state index contributed by atoms with van der Waals surface area (Å²) in [5, 5.41) is 19.4. The number of halogens is 2. The molecule has 3 N–H and O–H groups in total. The van der Waals surface area contributed by atoms with E-state index in [1.807, 2.05) is 0 Å². The zero-order valence-corrected chi connectivity index (χ0v) is 22.5. The van der Waals surface area contributed by atoms with Crippen LogP contribution in [0.25, 0.3) is 10.9 Å². The second kappa shape index (κ2) is 14.1. The van der Waals surface area contributed by atoms with Crippen molar-refractivity contribution in [3.05, 3.63) is 73.2 Å². The van der Waals surface area contributed by atoms with E-state index in [2.05, 4.69) is 37.2 Å². The topological polar surface area (TPSA) is 127 Å². The van der Waals surface area contributed by atoms with Crippen molar-refractivity contribution in [2.45, 2.75) is 13.0 Å². The van der Waals surface area contributed by atoms with Gasteiger partial charge in [-0.3, -0.25) is 14.4 Å². The number of rotatable bonds is 15. The van der Waals surface area contributed by atoms with Gasteiger partial charge in [0.1, 0.15) is 6.54 Å².